The molecule has 0 saturated heterocycles. The van der Waals surface area contributed by atoms with E-state index in [4.69, 9.17) is 9.15 Å². The van der Waals surface area contributed by atoms with Gasteiger partial charge in [0.2, 0.25) is 5.91 Å². The number of carbonyl (C=O) groups excluding carboxylic acids is 1. The lowest BCUT2D eigenvalue weighted by molar-refractivity contribution is -0.127. The average molecular weight is 477 g/mol. The van der Waals surface area contributed by atoms with Crippen molar-refractivity contribution in [1.29, 1.82) is 0 Å². The van der Waals surface area contributed by atoms with Gasteiger partial charge in [0.05, 0.1) is 12.3 Å². The van der Waals surface area contributed by atoms with Crippen LogP contribution < -0.4 is 4.74 Å². The molecule has 2 heterocycles. The maximum absolute atomic E-state index is 12.7. The van der Waals surface area contributed by atoms with Gasteiger partial charge < -0.3 is 14.1 Å². The van der Waals surface area contributed by atoms with Crippen LogP contribution in [0.25, 0.3) is 5.69 Å². The molecule has 0 bridgehead atoms. The van der Waals surface area contributed by atoms with Gasteiger partial charge in [0.1, 0.15) is 23.9 Å². The summed E-state index contributed by atoms with van der Waals surface area (Å²) in [4.78, 5) is 14.4. The Morgan fingerprint density at radius 1 is 1.00 bits per heavy atom. The summed E-state index contributed by atoms with van der Waals surface area (Å²) in [7, 11) is 1.77. The van der Waals surface area contributed by atoms with Gasteiger partial charge in [0, 0.05) is 12.7 Å². The summed E-state index contributed by atoms with van der Waals surface area (Å²) >= 11 is 1.35. The first-order chi connectivity index (χ1) is 16.4. The largest absolute Gasteiger partial charge is 0.485 e. The molecule has 4 rings (SSSR count). The molecular formula is C26H28N4O3S. The molecule has 0 spiro atoms. The van der Waals surface area contributed by atoms with Gasteiger partial charge in [0.15, 0.2) is 11.0 Å². The number of amides is 1. The van der Waals surface area contributed by atoms with Gasteiger partial charge in [-0.25, -0.2) is 0 Å². The Hall–Kier alpha value is -3.52. The van der Waals surface area contributed by atoms with Crippen molar-refractivity contribution in [2.45, 2.75) is 39.1 Å². The Morgan fingerprint density at radius 2 is 1.74 bits per heavy atom. The van der Waals surface area contributed by atoms with Crippen LogP contribution in [0.15, 0.2) is 70.2 Å². The molecule has 8 heteroatoms. The van der Waals surface area contributed by atoms with Gasteiger partial charge >= 0.3 is 0 Å². The van der Waals surface area contributed by atoms with E-state index >= 15 is 0 Å². The molecule has 0 atom stereocenters. The quantitative estimate of drug-likeness (QED) is 0.312. The molecule has 0 saturated carbocycles. The van der Waals surface area contributed by atoms with Crippen LogP contribution in [-0.2, 0) is 17.9 Å². The van der Waals surface area contributed by atoms with Crippen LogP contribution >= 0.6 is 11.8 Å². The zero-order chi connectivity index (χ0) is 24.1. The number of furan rings is 1. The van der Waals surface area contributed by atoms with Crippen molar-refractivity contribution < 1.29 is 13.9 Å². The predicted octanol–water partition coefficient (Wildman–Crippen LogP) is 5.12. The van der Waals surface area contributed by atoms with E-state index < -0.39 is 0 Å². The fourth-order valence-electron chi connectivity index (χ4n) is 3.62. The van der Waals surface area contributed by atoms with Gasteiger partial charge in [-0.1, -0.05) is 48.2 Å². The molecule has 0 radical (unpaired) electrons. The predicted molar refractivity (Wildman–Crippen MR) is 132 cm³/mol. The van der Waals surface area contributed by atoms with Crippen LogP contribution in [0, 0.1) is 20.8 Å². The third kappa shape index (κ3) is 5.51. The van der Waals surface area contributed by atoms with E-state index in [9.17, 15) is 4.79 Å². The summed E-state index contributed by atoms with van der Waals surface area (Å²) in [5.74, 6) is 3.33. The van der Waals surface area contributed by atoms with Crippen LogP contribution in [0.3, 0.4) is 0 Å². The van der Waals surface area contributed by atoms with E-state index in [-0.39, 0.29) is 18.3 Å². The Balaban J connectivity index is 1.50. The molecule has 0 fully saturated rings. The zero-order valence-electron chi connectivity index (χ0n) is 19.8. The summed E-state index contributed by atoms with van der Waals surface area (Å²) in [6.45, 7) is 6.63. The highest BCUT2D eigenvalue weighted by Gasteiger charge is 2.19. The Bertz CT molecular complexity index is 1250. The number of rotatable bonds is 9. The van der Waals surface area contributed by atoms with Crippen molar-refractivity contribution in [1.82, 2.24) is 19.7 Å². The van der Waals surface area contributed by atoms with Crippen molar-refractivity contribution in [3.63, 3.8) is 0 Å². The number of hydrogen-bond acceptors (Lipinski definition) is 6. The van der Waals surface area contributed by atoms with Crippen molar-refractivity contribution in [2.75, 3.05) is 12.8 Å². The highest BCUT2D eigenvalue weighted by atomic mass is 32.2. The topological polar surface area (TPSA) is 73.4 Å². The second-order valence-electron chi connectivity index (χ2n) is 8.13. The van der Waals surface area contributed by atoms with E-state index in [2.05, 4.69) is 10.2 Å². The minimum atomic E-state index is -0.0185. The molecule has 176 valence electrons. The highest BCUT2D eigenvalue weighted by molar-refractivity contribution is 7.99. The van der Waals surface area contributed by atoms with Crippen LogP contribution in [0.2, 0.25) is 0 Å². The number of aryl methyl sites for hydroxylation is 3. The number of ether oxygens (including phenoxy) is 1. The smallest absolute Gasteiger partial charge is 0.233 e. The molecular weight excluding hydrogens is 448 g/mol. The van der Waals surface area contributed by atoms with Crippen molar-refractivity contribution in [3.8, 4) is 11.4 Å². The Kier molecular flexibility index (Phi) is 7.37. The van der Waals surface area contributed by atoms with E-state index in [0.717, 1.165) is 34.1 Å². The van der Waals surface area contributed by atoms with Gasteiger partial charge in [-0.2, -0.15) is 0 Å². The molecule has 0 aliphatic heterocycles. The van der Waals surface area contributed by atoms with Crippen molar-refractivity contribution in [2.24, 2.45) is 0 Å². The standard InChI is InChI=1S/C26H28N4O3S/c1-18-9-8-10-19(2)25(18)32-16-23-27-28-26(30(23)21-11-6-5-7-12-21)34-17-24(31)29(4)15-22-14-13-20(3)33-22/h5-14H,15-17H2,1-4H3. The number of para-hydroxylation sites is 2. The normalized spacial score (nSPS) is 10.9. The van der Waals surface area contributed by atoms with Gasteiger partial charge in [0.25, 0.3) is 0 Å². The maximum atomic E-state index is 12.7. The van der Waals surface area contributed by atoms with E-state index in [0.29, 0.717) is 17.5 Å². The van der Waals surface area contributed by atoms with Crippen LogP contribution in [0.5, 0.6) is 5.75 Å². The van der Waals surface area contributed by atoms with Crippen LogP contribution in [-0.4, -0.2) is 38.4 Å². The lowest BCUT2D eigenvalue weighted by Crippen LogP contribution is -2.27. The SMILES string of the molecule is Cc1ccc(CN(C)C(=O)CSc2nnc(COc3c(C)cccc3C)n2-c2ccccc2)o1. The Morgan fingerprint density at radius 3 is 2.41 bits per heavy atom. The number of hydrogen-bond donors (Lipinski definition) is 0. The number of carbonyl (C=O) groups is 1. The monoisotopic (exact) mass is 476 g/mol. The molecule has 0 aliphatic carbocycles. The maximum Gasteiger partial charge on any atom is 0.233 e. The second-order valence-corrected chi connectivity index (χ2v) is 9.07. The van der Waals surface area contributed by atoms with Gasteiger partial charge in [-0.05, 0) is 56.2 Å². The zero-order valence-corrected chi connectivity index (χ0v) is 20.6. The fourth-order valence-corrected chi connectivity index (χ4v) is 4.53. The first-order valence-electron chi connectivity index (χ1n) is 11.0. The fraction of sp³-hybridized carbons (Fsp3) is 0.269. The molecule has 4 aromatic rings. The van der Waals surface area contributed by atoms with E-state index in [1.54, 1.807) is 11.9 Å². The first-order valence-corrected chi connectivity index (χ1v) is 12.0. The molecule has 0 aliphatic rings. The van der Waals surface area contributed by atoms with E-state index in [1.165, 1.54) is 11.8 Å². The van der Waals surface area contributed by atoms with Crippen LogP contribution in [0.1, 0.15) is 28.5 Å². The summed E-state index contributed by atoms with van der Waals surface area (Å²) < 4.78 is 13.7. The number of thioether (sulfide) groups is 1. The molecule has 0 unspecified atom stereocenters. The average Bonchev–Trinajstić information content (AvgIpc) is 3.43. The van der Waals surface area contributed by atoms with Crippen molar-refractivity contribution >= 4 is 17.7 Å². The molecule has 2 aromatic carbocycles. The summed E-state index contributed by atoms with van der Waals surface area (Å²) in [5.41, 5.74) is 3.06. The lowest BCUT2D eigenvalue weighted by atomic mass is 10.1. The second kappa shape index (κ2) is 10.6. The summed E-state index contributed by atoms with van der Waals surface area (Å²) in [5, 5.41) is 9.40. The van der Waals surface area contributed by atoms with Gasteiger partial charge in [-0.3, -0.25) is 9.36 Å². The minimum Gasteiger partial charge on any atom is -0.485 e. The third-order valence-corrected chi connectivity index (χ3v) is 6.32. The summed E-state index contributed by atoms with van der Waals surface area (Å²) in [6.07, 6.45) is 0. The molecule has 34 heavy (non-hydrogen) atoms. The first kappa shape index (κ1) is 23.6. The minimum absolute atomic E-state index is 0.0185. The number of nitrogens with zero attached hydrogens (tertiary/aromatic N) is 4. The van der Waals surface area contributed by atoms with Gasteiger partial charge in [-0.15, -0.1) is 10.2 Å². The third-order valence-electron chi connectivity index (χ3n) is 5.41. The summed E-state index contributed by atoms with van der Waals surface area (Å²) in [6, 6.07) is 19.7. The molecule has 1 amide bonds. The van der Waals surface area contributed by atoms with E-state index in [1.807, 2.05) is 86.0 Å². The number of benzene rings is 2. The van der Waals surface area contributed by atoms with Crippen LogP contribution in [0.4, 0.5) is 0 Å². The lowest BCUT2D eigenvalue weighted by Gasteiger charge is -2.16. The highest BCUT2D eigenvalue weighted by Crippen LogP contribution is 2.26. The number of aromatic nitrogens is 3. The molecule has 2 aromatic heterocycles. The molecule has 7 nitrogen and oxygen atoms in total. The van der Waals surface area contributed by atoms with Crippen molar-refractivity contribution in [3.05, 3.63) is 89.1 Å². The molecule has 0 N–H and O–H groups in total. The Labute approximate surface area is 203 Å².